The van der Waals surface area contributed by atoms with Gasteiger partial charge in [0.25, 0.3) is 0 Å². The predicted molar refractivity (Wildman–Crippen MR) is 101 cm³/mol. The Hall–Kier alpha value is -1.67. The van der Waals surface area contributed by atoms with Crippen molar-refractivity contribution in [3.8, 4) is 0 Å². The lowest BCUT2D eigenvalue weighted by molar-refractivity contribution is 0.0258. The summed E-state index contributed by atoms with van der Waals surface area (Å²) in [5.41, 5.74) is -0.314. The molecule has 0 bridgehead atoms. The SMILES string of the molecule is Cc1noc(CN2CCN(C[C@]3(C)CCN(C(=O)OC(C)(C)C)C3)CC2)n1. The molecule has 2 aliphatic heterocycles. The summed E-state index contributed by atoms with van der Waals surface area (Å²) < 4.78 is 10.7. The van der Waals surface area contributed by atoms with E-state index in [0.29, 0.717) is 11.7 Å². The first kappa shape index (κ1) is 20.1. The lowest BCUT2D eigenvalue weighted by Crippen LogP contribution is -2.49. The monoisotopic (exact) mass is 379 g/mol. The van der Waals surface area contributed by atoms with Gasteiger partial charge in [0.2, 0.25) is 5.89 Å². The summed E-state index contributed by atoms with van der Waals surface area (Å²) in [6, 6.07) is 0. The van der Waals surface area contributed by atoms with E-state index in [1.807, 2.05) is 32.6 Å². The van der Waals surface area contributed by atoms with Crippen LogP contribution in [0.2, 0.25) is 0 Å². The lowest BCUT2D eigenvalue weighted by Gasteiger charge is -2.38. The normalized spacial score (nSPS) is 25.1. The van der Waals surface area contributed by atoms with Gasteiger partial charge in [-0.2, -0.15) is 4.98 Å². The van der Waals surface area contributed by atoms with Crippen LogP contribution in [0.1, 0.15) is 45.8 Å². The number of likely N-dealkylation sites (tertiary alicyclic amines) is 1. The molecule has 0 saturated carbocycles. The van der Waals surface area contributed by atoms with Gasteiger partial charge in [-0.05, 0) is 39.5 Å². The van der Waals surface area contributed by atoms with Crippen molar-refractivity contribution in [1.82, 2.24) is 24.8 Å². The van der Waals surface area contributed by atoms with Gasteiger partial charge in [-0.1, -0.05) is 12.1 Å². The van der Waals surface area contributed by atoms with E-state index < -0.39 is 5.60 Å². The fourth-order valence-corrected chi connectivity index (χ4v) is 3.88. The van der Waals surface area contributed by atoms with Crippen LogP contribution in [0.4, 0.5) is 4.79 Å². The highest BCUT2D eigenvalue weighted by atomic mass is 16.6. The maximum atomic E-state index is 12.3. The number of hydrogen-bond acceptors (Lipinski definition) is 7. The predicted octanol–water partition coefficient (Wildman–Crippen LogP) is 2.14. The molecule has 1 atom stereocenters. The molecular formula is C19H33N5O3. The molecule has 2 saturated heterocycles. The van der Waals surface area contributed by atoms with E-state index in [0.717, 1.165) is 58.8 Å². The molecule has 27 heavy (non-hydrogen) atoms. The second-order valence-electron chi connectivity index (χ2n) is 9.25. The number of rotatable bonds is 4. The van der Waals surface area contributed by atoms with Gasteiger partial charge in [0, 0.05) is 45.8 Å². The number of amides is 1. The minimum absolute atomic E-state index is 0.128. The highest BCUT2D eigenvalue weighted by Gasteiger charge is 2.39. The molecule has 0 aromatic carbocycles. The average Bonchev–Trinajstić information content (AvgIpc) is 3.14. The van der Waals surface area contributed by atoms with Crippen molar-refractivity contribution < 1.29 is 14.1 Å². The van der Waals surface area contributed by atoms with Crippen molar-refractivity contribution in [2.75, 3.05) is 45.8 Å². The van der Waals surface area contributed by atoms with Crippen LogP contribution in [0.5, 0.6) is 0 Å². The van der Waals surface area contributed by atoms with Crippen molar-refractivity contribution in [3.05, 3.63) is 11.7 Å². The number of nitrogens with zero attached hydrogens (tertiary/aromatic N) is 5. The lowest BCUT2D eigenvalue weighted by atomic mass is 9.89. The first-order valence-electron chi connectivity index (χ1n) is 9.84. The highest BCUT2D eigenvalue weighted by molar-refractivity contribution is 5.68. The molecule has 0 aliphatic carbocycles. The van der Waals surface area contributed by atoms with Crippen molar-refractivity contribution >= 4 is 6.09 Å². The molecular weight excluding hydrogens is 346 g/mol. The van der Waals surface area contributed by atoms with Gasteiger partial charge in [-0.3, -0.25) is 4.90 Å². The van der Waals surface area contributed by atoms with Gasteiger partial charge in [0.1, 0.15) is 5.60 Å². The fraction of sp³-hybridized carbons (Fsp3) is 0.842. The molecule has 3 rings (SSSR count). The molecule has 0 unspecified atom stereocenters. The fourth-order valence-electron chi connectivity index (χ4n) is 3.88. The molecule has 0 radical (unpaired) electrons. The van der Waals surface area contributed by atoms with Crippen LogP contribution >= 0.6 is 0 Å². The molecule has 2 aliphatic rings. The number of carbonyl (C=O) groups excluding carboxylic acids is 1. The second-order valence-corrected chi connectivity index (χ2v) is 9.25. The van der Waals surface area contributed by atoms with Gasteiger partial charge in [0.15, 0.2) is 5.82 Å². The van der Waals surface area contributed by atoms with Gasteiger partial charge >= 0.3 is 6.09 Å². The zero-order chi connectivity index (χ0) is 19.7. The van der Waals surface area contributed by atoms with Gasteiger partial charge in [-0.15, -0.1) is 0 Å². The topological polar surface area (TPSA) is 74.9 Å². The van der Waals surface area contributed by atoms with E-state index in [1.165, 1.54) is 0 Å². The molecule has 1 aromatic heterocycles. The largest absolute Gasteiger partial charge is 0.444 e. The number of aromatic nitrogens is 2. The Morgan fingerprint density at radius 2 is 1.85 bits per heavy atom. The van der Waals surface area contributed by atoms with Gasteiger partial charge < -0.3 is 19.1 Å². The molecule has 152 valence electrons. The number of piperazine rings is 1. The quantitative estimate of drug-likeness (QED) is 0.793. The minimum Gasteiger partial charge on any atom is -0.444 e. The van der Waals surface area contributed by atoms with Crippen molar-refractivity contribution in [2.24, 2.45) is 5.41 Å². The van der Waals surface area contributed by atoms with Gasteiger partial charge in [0.05, 0.1) is 6.54 Å². The zero-order valence-electron chi connectivity index (χ0n) is 17.3. The first-order valence-corrected chi connectivity index (χ1v) is 9.84. The van der Waals surface area contributed by atoms with Crippen molar-refractivity contribution in [1.29, 1.82) is 0 Å². The van der Waals surface area contributed by atoms with Crippen LogP contribution in [0.15, 0.2) is 4.52 Å². The van der Waals surface area contributed by atoms with Crippen LogP contribution in [0, 0.1) is 12.3 Å². The summed E-state index contributed by atoms with van der Waals surface area (Å²) in [4.78, 5) is 23.3. The summed E-state index contributed by atoms with van der Waals surface area (Å²) in [5.74, 6) is 1.38. The average molecular weight is 380 g/mol. The molecule has 8 nitrogen and oxygen atoms in total. The Morgan fingerprint density at radius 1 is 1.19 bits per heavy atom. The van der Waals surface area contributed by atoms with E-state index in [9.17, 15) is 4.79 Å². The Kier molecular flexibility index (Phi) is 5.76. The van der Waals surface area contributed by atoms with Gasteiger partial charge in [-0.25, -0.2) is 4.79 Å². The highest BCUT2D eigenvalue weighted by Crippen LogP contribution is 2.32. The summed E-state index contributed by atoms with van der Waals surface area (Å²) >= 11 is 0. The third-order valence-electron chi connectivity index (χ3n) is 5.21. The van der Waals surface area contributed by atoms with Crippen LogP contribution in [0.3, 0.4) is 0 Å². The van der Waals surface area contributed by atoms with E-state index in [4.69, 9.17) is 9.26 Å². The Labute approximate surface area is 161 Å². The Morgan fingerprint density at radius 3 is 2.44 bits per heavy atom. The minimum atomic E-state index is -0.441. The van der Waals surface area contributed by atoms with Crippen LogP contribution in [-0.4, -0.2) is 82.3 Å². The van der Waals surface area contributed by atoms with Crippen LogP contribution < -0.4 is 0 Å². The number of ether oxygens (including phenoxy) is 1. The van der Waals surface area contributed by atoms with E-state index in [1.54, 1.807) is 0 Å². The molecule has 1 aromatic rings. The van der Waals surface area contributed by atoms with Crippen LogP contribution in [0.25, 0.3) is 0 Å². The van der Waals surface area contributed by atoms with E-state index in [2.05, 4.69) is 26.9 Å². The molecule has 0 N–H and O–H groups in total. The van der Waals surface area contributed by atoms with E-state index in [-0.39, 0.29) is 11.5 Å². The molecule has 1 amide bonds. The summed E-state index contributed by atoms with van der Waals surface area (Å²) in [5, 5.41) is 3.85. The number of carbonyl (C=O) groups is 1. The second kappa shape index (κ2) is 7.75. The molecule has 0 spiro atoms. The maximum absolute atomic E-state index is 12.3. The van der Waals surface area contributed by atoms with Crippen molar-refractivity contribution in [2.45, 2.75) is 53.2 Å². The third-order valence-corrected chi connectivity index (χ3v) is 5.21. The van der Waals surface area contributed by atoms with E-state index >= 15 is 0 Å². The maximum Gasteiger partial charge on any atom is 0.410 e. The Balaban J connectivity index is 1.44. The third kappa shape index (κ3) is 5.65. The molecule has 3 heterocycles. The zero-order valence-corrected chi connectivity index (χ0v) is 17.3. The molecule has 8 heteroatoms. The van der Waals surface area contributed by atoms with Crippen LogP contribution in [-0.2, 0) is 11.3 Å². The smallest absolute Gasteiger partial charge is 0.410 e. The van der Waals surface area contributed by atoms with Crippen molar-refractivity contribution in [3.63, 3.8) is 0 Å². The summed E-state index contributed by atoms with van der Waals surface area (Å²) in [6.45, 7) is 17.2. The summed E-state index contributed by atoms with van der Waals surface area (Å²) in [7, 11) is 0. The standard InChI is InChI=1S/C19H33N5O3/c1-15-20-16(27-21-15)12-22-8-10-23(11-9-22)13-19(5)6-7-24(14-19)17(25)26-18(2,3)4/h6-14H2,1-5H3/t19-/m0/s1. The number of aryl methyl sites for hydroxylation is 1. The summed E-state index contributed by atoms with van der Waals surface area (Å²) in [6.07, 6.45) is 0.833. The Bertz CT molecular complexity index is 648. The first-order chi connectivity index (χ1) is 12.6. The number of hydrogen-bond donors (Lipinski definition) is 0. The molecule has 2 fully saturated rings.